The van der Waals surface area contributed by atoms with E-state index >= 15 is 0 Å². The van der Waals surface area contributed by atoms with Crippen molar-refractivity contribution < 1.29 is 4.74 Å². The number of nitriles is 1. The number of aromatic nitrogens is 3. The summed E-state index contributed by atoms with van der Waals surface area (Å²) in [4.78, 5) is 12.1. The van der Waals surface area contributed by atoms with Gasteiger partial charge in [-0.05, 0) is 31.2 Å². The molecule has 8 nitrogen and oxygen atoms in total. The molecule has 1 heterocycles. The lowest BCUT2D eigenvalue weighted by molar-refractivity contribution is 0.312. The third-order valence-electron chi connectivity index (χ3n) is 2.29. The van der Waals surface area contributed by atoms with Crippen molar-refractivity contribution in [2.45, 2.75) is 6.92 Å². The number of hydrazine groups is 1. The van der Waals surface area contributed by atoms with Gasteiger partial charge < -0.3 is 10.1 Å². The Morgan fingerprint density at radius 3 is 2.50 bits per heavy atom. The normalized spacial score (nSPS) is 9.65. The minimum absolute atomic E-state index is 0.173. The molecule has 2 rings (SSSR count). The van der Waals surface area contributed by atoms with Crippen molar-refractivity contribution in [3.8, 4) is 12.1 Å². The number of ether oxygens (including phenoxy) is 1. The van der Waals surface area contributed by atoms with Crippen LogP contribution in [0.25, 0.3) is 0 Å². The molecule has 8 heteroatoms. The first-order chi connectivity index (χ1) is 9.75. The summed E-state index contributed by atoms with van der Waals surface area (Å²) in [6.45, 7) is 2.26. The molecule has 4 N–H and O–H groups in total. The van der Waals surface area contributed by atoms with Crippen LogP contribution in [0.4, 0.5) is 17.6 Å². The number of rotatable bonds is 5. The number of nitrogens with two attached hydrogens (primary N) is 1. The maximum atomic E-state index is 8.74. The van der Waals surface area contributed by atoms with Crippen LogP contribution in [-0.4, -0.2) is 21.6 Å². The predicted octanol–water partition coefficient (Wildman–Crippen LogP) is 1.17. The van der Waals surface area contributed by atoms with E-state index in [1.165, 1.54) is 0 Å². The zero-order chi connectivity index (χ0) is 14.4. The van der Waals surface area contributed by atoms with Gasteiger partial charge in [-0.3, -0.25) is 5.43 Å². The fraction of sp³-hybridized carbons (Fsp3) is 0.167. The fourth-order valence-electron chi connectivity index (χ4n) is 1.43. The van der Waals surface area contributed by atoms with Gasteiger partial charge in [0.1, 0.15) is 0 Å². The number of hydrogen-bond acceptors (Lipinski definition) is 8. The second kappa shape index (κ2) is 6.31. The summed E-state index contributed by atoms with van der Waals surface area (Å²) in [6, 6.07) is 9.09. The van der Waals surface area contributed by atoms with Crippen molar-refractivity contribution in [2.75, 3.05) is 17.3 Å². The first-order valence-electron chi connectivity index (χ1n) is 5.88. The number of nitrogen functional groups attached to an aromatic ring is 1. The predicted molar refractivity (Wildman–Crippen MR) is 73.2 cm³/mol. The molecule has 102 valence electrons. The van der Waals surface area contributed by atoms with Crippen LogP contribution in [0.2, 0.25) is 0 Å². The molecule has 0 spiro atoms. The quantitative estimate of drug-likeness (QED) is 0.547. The van der Waals surface area contributed by atoms with Gasteiger partial charge in [0, 0.05) is 5.69 Å². The zero-order valence-corrected chi connectivity index (χ0v) is 10.8. The van der Waals surface area contributed by atoms with Crippen LogP contribution in [0.1, 0.15) is 12.5 Å². The number of nitrogens with zero attached hydrogens (tertiary/aromatic N) is 4. The molecule has 0 aliphatic heterocycles. The topological polar surface area (TPSA) is 122 Å². The average molecular weight is 271 g/mol. The number of anilines is 3. The highest BCUT2D eigenvalue weighted by molar-refractivity contribution is 5.55. The van der Waals surface area contributed by atoms with Crippen molar-refractivity contribution in [1.82, 2.24) is 15.0 Å². The van der Waals surface area contributed by atoms with E-state index in [0.29, 0.717) is 18.1 Å². The summed E-state index contributed by atoms with van der Waals surface area (Å²) in [5.41, 5.74) is 3.66. The molecule has 1 aromatic heterocycles. The Morgan fingerprint density at radius 2 is 1.90 bits per heavy atom. The summed E-state index contributed by atoms with van der Waals surface area (Å²) >= 11 is 0. The lowest BCUT2D eigenvalue weighted by Gasteiger charge is -2.08. The Labute approximate surface area is 115 Å². The van der Waals surface area contributed by atoms with Gasteiger partial charge in [0.2, 0.25) is 11.9 Å². The van der Waals surface area contributed by atoms with Gasteiger partial charge in [0.05, 0.1) is 18.2 Å². The largest absolute Gasteiger partial charge is 0.464 e. The first-order valence-corrected chi connectivity index (χ1v) is 5.88. The molecule has 0 unspecified atom stereocenters. The van der Waals surface area contributed by atoms with Gasteiger partial charge in [0.25, 0.3) is 0 Å². The van der Waals surface area contributed by atoms with E-state index < -0.39 is 0 Å². The Kier molecular flexibility index (Phi) is 4.26. The Bertz CT molecular complexity index is 621. The summed E-state index contributed by atoms with van der Waals surface area (Å²) in [5, 5.41) is 11.7. The van der Waals surface area contributed by atoms with Crippen molar-refractivity contribution in [3.63, 3.8) is 0 Å². The van der Waals surface area contributed by atoms with Gasteiger partial charge >= 0.3 is 6.01 Å². The minimum atomic E-state index is 0.173. The monoisotopic (exact) mass is 271 g/mol. The van der Waals surface area contributed by atoms with E-state index in [2.05, 4.69) is 25.7 Å². The second-order valence-electron chi connectivity index (χ2n) is 3.66. The molecule has 0 radical (unpaired) electrons. The van der Waals surface area contributed by atoms with Crippen LogP contribution < -0.4 is 21.3 Å². The van der Waals surface area contributed by atoms with Gasteiger partial charge in [-0.1, -0.05) is 0 Å². The Morgan fingerprint density at radius 1 is 1.20 bits per heavy atom. The molecule has 0 aliphatic carbocycles. The molecule has 0 bridgehead atoms. The van der Waals surface area contributed by atoms with Gasteiger partial charge in [-0.2, -0.15) is 20.2 Å². The maximum absolute atomic E-state index is 8.74. The molecule has 0 aliphatic rings. The molecule has 0 fully saturated rings. The fourth-order valence-corrected chi connectivity index (χ4v) is 1.43. The summed E-state index contributed by atoms with van der Waals surface area (Å²) < 4.78 is 5.22. The van der Waals surface area contributed by atoms with E-state index in [9.17, 15) is 0 Å². The summed E-state index contributed by atoms with van der Waals surface area (Å²) in [6.07, 6.45) is 0. The van der Waals surface area contributed by atoms with Gasteiger partial charge in [-0.25, -0.2) is 5.84 Å². The number of benzene rings is 1. The average Bonchev–Trinajstić information content (AvgIpc) is 2.48. The number of hydrogen-bond donors (Lipinski definition) is 3. The first kappa shape index (κ1) is 13.5. The molecular formula is C12H13N7O. The zero-order valence-electron chi connectivity index (χ0n) is 10.8. The number of nitrogens with one attached hydrogen (secondary N) is 2. The standard InChI is InChI=1S/C12H13N7O/c1-2-20-12-17-10(16-11(18-12)19-14)15-9-5-3-8(7-13)4-6-9/h3-6H,2,14H2,1H3,(H2,15,16,17,18,19). The van der Waals surface area contributed by atoms with Crippen LogP contribution in [0.5, 0.6) is 6.01 Å². The van der Waals surface area contributed by atoms with E-state index in [4.69, 9.17) is 15.8 Å². The molecule has 0 saturated carbocycles. The lowest BCUT2D eigenvalue weighted by Crippen LogP contribution is -2.13. The molecular weight excluding hydrogens is 258 g/mol. The van der Waals surface area contributed by atoms with E-state index in [1.807, 2.05) is 13.0 Å². The molecule has 0 atom stereocenters. The SMILES string of the molecule is CCOc1nc(NN)nc(Nc2ccc(C#N)cc2)n1. The minimum Gasteiger partial charge on any atom is -0.464 e. The third-order valence-corrected chi connectivity index (χ3v) is 2.29. The van der Waals surface area contributed by atoms with Crippen molar-refractivity contribution in [1.29, 1.82) is 5.26 Å². The van der Waals surface area contributed by atoms with Crippen LogP contribution in [-0.2, 0) is 0 Å². The summed E-state index contributed by atoms with van der Waals surface area (Å²) in [5.74, 6) is 5.78. The Balaban J connectivity index is 2.22. The highest BCUT2D eigenvalue weighted by Crippen LogP contribution is 2.16. The summed E-state index contributed by atoms with van der Waals surface area (Å²) in [7, 11) is 0. The van der Waals surface area contributed by atoms with Gasteiger partial charge in [-0.15, -0.1) is 0 Å². The van der Waals surface area contributed by atoms with E-state index in [1.54, 1.807) is 24.3 Å². The second-order valence-corrected chi connectivity index (χ2v) is 3.66. The highest BCUT2D eigenvalue weighted by atomic mass is 16.5. The van der Waals surface area contributed by atoms with E-state index in [-0.39, 0.29) is 12.0 Å². The van der Waals surface area contributed by atoms with Crippen LogP contribution >= 0.6 is 0 Å². The van der Waals surface area contributed by atoms with Crippen LogP contribution in [0.15, 0.2) is 24.3 Å². The van der Waals surface area contributed by atoms with Crippen molar-refractivity contribution in [3.05, 3.63) is 29.8 Å². The third kappa shape index (κ3) is 3.30. The molecule has 0 saturated heterocycles. The molecule has 1 aromatic carbocycles. The van der Waals surface area contributed by atoms with Crippen LogP contribution in [0, 0.1) is 11.3 Å². The van der Waals surface area contributed by atoms with Crippen molar-refractivity contribution >= 4 is 17.6 Å². The highest BCUT2D eigenvalue weighted by Gasteiger charge is 2.06. The molecule has 2 aromatic rings. The Hall–Kier alpha value is -2.92. The van der Waals surface area contributed by atoms with Gasteiger partial charge in [0.15, 0.2) is 0 Å². The molecule has 0 amide bonds. The molecule has 20 heavy (non-hydrogen) atoms. The maximum Gasteiger partial charge on any atom is 0.323 e. The smallest absolute Gasteiger partial charge is 0.323 e. The van der Waals surface area contributed by atoms with E-state index in [0.717, 1.165) is 5.69 Å². The lowest BCUT2D eigenvalue weighted by atomic mass is 10.2. The van der Waals surface area contributed by atoms with Crippen LogP contribution in [0.3, 0.4) is 0 Å². The van der Waals surface area contributed by atoms with Crippen molar-refractivity contribution in [2.24, 2.45) is 5.84 Å².